The van der Waals surface area contributed by atoms with Crippen LogP contribution >= 0.6 is 24.0 Å². The van der Waals surface area contributed by atoms with Gasteiger partial charge in [0.2, 0.25) is 11.8 Å². The van der Waals surface area contributed by atoms with E-state index in [0.717, 1.165) is 5.56 Å². The molecule has 6 nitrogen and oxygen atoms in total. The number of hydrogen-bond donors (Lipinski definition) is 1. The predicted molar refractivity (Wildman–Crippen MR) is 105 cm³/mol. The molecule has 1 fully saturated rings. The molecule has 8 heteroatoms. The van der Waals surface area contributed by atoms with Crippen LogP contribution in [0.15, 0.2) is 29.3 Å². The van der Waals surface area contributed by atoms with Crippen LogP contribution in [0, 0.1) is 5.82 Å². The third-order valence-corrected chi connectivity index (χ3v) is 3.91. The van der Waals surface area contributed by atoms with Gasteiger partial charge in [0.25, 0.3) is 0 Å². The Kier molecular flexibility index (Phi) is 8.81. The Morgan fingerprint density at radius 2 is 1.84 bits per heavy atom. The summed E-state index contributed by atoms with van der Waals surface area (Å²) in [5, 5.41) is 3.14. The van der Waals surface area contributed by atoms with Crippen LogP contribution in [0.25, 0.3) is 0 Å². The van der Waals surface area contributed by atoms with Gasteiger partial charge in [-0.05, 0) is 24.1 Å². The SMILES string of the molecule is CN=C(NCCN1C(=O)CCCC1=O)N(C)Cc1ccc(F)cc1.I. The van der Waals surface area contributed by atoms with Crippen molar-refractivity contribution in [1.82, 2.24) is 15.1 Å². The normalized spacial score (nSPS) is 15.0. The van der Waals surface area contributed by atoms with Crippen molar-refractivity contribution in [2.24, 2.45) is 4.99 Å². The van der Waals surface area contributed by atoms with E-state index < -0.39 is 0 Å². The Bertz CT molecular complexity index is 606. The van der Waals surface area contributed by atoms with Crippen LogP contribution in [0.3, 0.4) is 0 Å². The minimum Gasteiger partial charge on any atom is -0.354 e. The minimum atomic E-state index is -0.264. The molecule has 1 aliphatic rings. The van der Waals surface area contributed by atoms with Crippen LogP contribution < -0.4 is 5.32 Å². The number of halogens is 2. The Morgan fingerprint density at radius 3 is 2.40 bits per heavy atom. The number of carbonyl (C=O) groups is 2. The molecular weight excluding hydrogens is 438 g/mol. The van der Waals surface area contributed by atoms with Gasteiger partial charge < -0.3 is 10.2 Å². The van der Waals surface area contributed by atoms with Gasteiger partial charge in [0.05, 0.1) is 0 Å². The molecule has 2 rings (SSSR count). The highest BCUT2D eigenvalue weighted by Gasteiger charge is 2.25. The van der Waals surface area contributed by atoms with Crippen LogP contribution in [0.5, 0.6) is 0 Å². The van der Waals surface area contributed by atoms with Gasteiger partial charge in [0, 0.05) is 46.6 Å². The third kappa shape index (κ3) is 6.26. The molecule has 0 aromatic heterocycles. The molecule has 1 N–H and O–H groups in total. The molecule has 0 atom stereocenters. The molecule has 25 heavy (non-hydrogen) atoms. The molecule has 138 valence electrons. The monoisotopic (exact) mass is 462 g/mol. The Morgan fingerprint density at radius 1 is 1.24 bits per heavy atom. The van der Waals surface area contributed by atoms with Crippen LogP contribution in [-0.2, 0) is 16.1 Å². The van der Waals surface area contributed by atoms with Crippen LogP contribution in [-0.4, -0.2) is 54.8 Å². The zero-order chi connectivity index (χ0) is 17.5. The van der Waals surface area contributed by atoms with E-state index in [1.807, 2.05) is 11.9 Å². The largest absolute Gasteiger partial charge is 0.354 e. The predicted octanol–water partition coefficient (Wildman–Crippen LogP) is 1.99. The summed E-state index contributed by atoms with van der Waals surface area (Å²) in [5.41, 5.74) is 0.961. The van der Waals surface area contributed by atoms with Crippen LogP contribution in [0.1, 0.15) is 24.8 Å². The zero-order valence-corrected chi connectivity index (χ0v) is 16.8. The van der Waals surface area contributed by atoms with Crippen LogP contribution in [0.2, 0.25) is 0 Å². The number of benzene rings is 1. The Hall–Kier alpha value is -1.71. The molecule has 1 aromatic rings. The van der Waals surface area contributed by atoms with E-state index in [0.29, 0.717) is 44.9 Å². The van der Waals surface area contributed by atoms with Gasteiger partial charge >= 0.3 is 0 Å². The fourth-order valence-electron chi connectivity index (χ4n) is 2.65. The number of hydrogen-bond acceptors (Lipinski definition) is 3. The van der Waals surface area contributed by atoms with Gasteiger partial charge in [-0.3, -0.25) is 19.5 Å². The van der Waals surface area contributed by atoms with Gasteiger partial charge in [-0.25, -0.2) is 4.39 Å². The maximum Gasteiger partial charge on any atom is 0.229 e. The zero-order valence-electron chi connectivity index (χ0n) is 14.5. The summed E-state index contributed by atoms with van der Waals surface area (Å²) in [6.45, 7) is 1.35. The summed E-state index contributed by atoms with van der Waals surface area (Å²) in [6.07, 6.45) is 1.51. The molecule has 0 radical (unpaired) electrons. The highest BCUT2D eigenvalue weighted by atomic mass is 127. The highest BCUT2D eigenvalue weighted by molar-refractivity contribution is 14.0. The lowest BCUT2D eigenvalue weighted by Crippen LogP contribution is -2.46. The van der Waals surface area contributed by atoms with Gasteiger partial charge in [-0.15, -0.1) is 24.0 Å². The van der Waals surface area contributed by atoms with E-state index in [9.17, 15) is 14.0 Å². The number of nitrogens with zero attached hydrogens (tertiary/aromatic N) is 3. The molecule has 0 aliphatic carbocycles. The van der Waals surface area contributed by atoms with Crippen molar-refractivity contribution in [1.29, 1.82) is 0 Å². The second kappa shape index (κ2) is 10.3. The lowest BCUT2D eigenvalue weighted by molar-refractivity contribution is -0.147. The maximum absolute atomic E-state index is 12.9. The lowest BCUT2D eigenvalue weighted by Gasteiger charge is -2.26. The standard InChI is InChI=1S/C17H23FN4O2.HI/c1-19-17(21(2)12-13-6-8-14(18)9-7-13)20-10-11-22-15(23)4-3-5-16(22)24;/h6-9H,3-5,10-12H2,1-2H3,(H,19,20);1H. The van der Waals surface area contributed by atoms with Crippen molar-refractivity contribution >= 4 is 41.8 Å². The first-order valence-electron chi connectivity index (χ1n) is 8.00. The van der Waals surface area contributed by atoms with E-state index in [4.69, 9.17) is 0 Å². The summed E-state index contributed by atoms with van der Waals surface area (Å²) < 4.78 is 12.9. The smallest absolute Gasteiger partial charge is 0.229 e. The number of carbonyl (C=O) groups excluding carboxylic acids is 2. The number of aliphatic imine (C=N–C) groups is 1. The van der Waals surface area contributed by atoms with Gasteiger partial charge in [0.15, 0.2) is 5.96 Å². The van der Waals surface area contributed by atoms with Gasteiger partial charge in [-0.1, -0.05) is 12.1 Å². The molecule has 0 saturated carbocycles. The summed E-state index contributed by atoms with van der Waals surface area (Å²) in [5.74, 6) is 0.168. The molecule has 1 aliphatic heterocycles. The van der Waals surface area contributed by atoms with E-state index in [1.165, 1.54) is 17.0 Å². The lowest BCUT2D eigenvalue weighted by atomic mass is 10.1. The van der Waals surface area contributed by atoms with E-state index in [2.05, 4.69) is 10.3 Å². The van der Waals surface area contributed by atoms with E-state index >= 15 is 0 Å². The molecule has 2 amide bonds. The van der Waals surface area contributed by atoms with Crippen molar-refractivity contribution < 1.29 is 14.0 Å². The Balaban J connectivity index is 0.00000312. The van der Waals surface area contributed by atoms with Crippen molar-refractivity contribution in [3.8, 4) is 0 Å². The fraction of sp³-hybridized carbons (Fsp3) is 0.471. The van der Waals surface area contributed by atoms with Crippen molar-refractivity contribution in [3.05, 3.63) is 35.6 Å². The first kappa shape index (κ1) is 21.3. The fourth-order valence-corrected chi connectivity index (χ4v) is 2.65. The number of piperidine rings is 1. The van der Waals surface area contributed by atoms with Gasteiger partial charge in [-0.2, -0.15) is 0 Å². The van der Waals surface area contributed by atoms with E-state index in [1.54, 1.807) is 19.2 Å². The van der Waals surface area contributed by atoms with E-state index in [-0.39, 0.29) is 41.6 Å². The topological polar surface area (TPSA) is 65.0 Å². The highest BCUT2D eigenvalue weighted by Crippen LogP contribution is 2.11. The minimum absolute atomic E-state index is 0. The van der Waals surface area contributed by atoms with Crippen molar-refractivity contribution in [2.45, 2.75) is 25.8 Å². The van der Waals surface area contributed by atoms with Crippen molar-refractivity contribution in [3.63, 3.8) is 0 Å². The Labute approximate surface area is 164 Å². The number of amides is 2. The number of rotatable bonds is 5. The number of imide groups is 1. The molecule has 1 aromatic carbocycles. The average molecular weight is 462 g/mol. The van der Waals surface area contributed by atoms with Crippen molar-refractivity contribution in [2.75, 3.05) is 27.2 Å². The number of guanidine groups is 1. The summed E-state index contributed by atoms with van der Waals surface area (Å²) in [4.78, 5) is 30.9. The molecule has 1 heterocycles. The molecule has 0 spiro atoms. The molecule has 1 saturated heterocycles. The second-order valence-electron chi connectivity index (χ2n) is 5.75. The summed E-state index contributed by atoms with van der Waals surface area (Å²) >= 11 is 0. The first-order chi connectivity index (χ1) is 11.5. The summed E-state index contributed by atoms with van der Waals surface area (Å²) in [6, 6.07) is 6.30. The average Bonchev–Trinajstić information content (AvgIpc) is 2.56. The first-order valence-corrected chi connectivity index (χ1v) is 8.00. The number of nitrogens with one attached hydrogen (secondary N) is 1. The molecular formula is C17H24FIN4O2. The third-order valence-electron chi connectivity index (χ3n) is 3.91. The molecule has 0 unspecified atom stereocenters. The maximum atomic E-state index is 12.9. The number of likely N-dealkylation sites (tertiary alicyclic amines) is 1. The van der Waals surface area contributed by atoms with Gasteiger partial charge in [0.1, 0.15) is 5.82 Å². The molecule has 0 bridgehead atoms. The second-order valence-corrected chi connectivity index (χ2v) is 5.75. The quantitative estimate of drug-likeness (QED) is 0.315. The van der Waals surface area contributed by atoms with Crippen LogP contribution in [0.4, 0.5) is 4.39 Å². The summed E-state index contributed by atoms with van der Waals surface area (Å²) in [7, 11) is 3.54.